The monoisotopic (exact) mass is 373 g/mol. The molecule has 0 saturated carbocycles. The Hall–Kier alpha value is -2.43. The molecule has 2 aromatic heterocycles. The first-order chi connectivity index (χ1) is 13.4. The molecule has 2 atom stereocenters. The fraction of sp³-hybridized carbons (Fsp3) is 0.375. The van der Waals surface area contributed by atoms with Crippen molar-refractivity contribution in [3.8, 4) is 0 Å². The number of pyridine rings is 1. The van der Waals surface area contributed by atoms with Crippen LogP contribution < -0.4 is 0 Å². The van der Waals surface area contributed by atoms with E-state index in [0.717, 1.165) is 19.6 Å². The largest absolute Gasteiger partial charge is 0.362 e. The molecule has 2 unspecified atom stereocenters. The van der Waals surface area contributed by atoms with Crippen molar-refractivity contribution >= 4 is 16.5 Å². The van der Waals surface area contributed by atoms with E-state index in [0.29, 0.717) is 0 Å². The molecule has 0 N–H and O–H groups in total. The number of hydrogen-bond acceptors (Lipinski definition) is 3. The average Bonchev–Trinajstić information content (AvgIpc) is 2.94. The van der Waals surface area contributed by atoms with Crippen LogP contribution in [0.3, 0.4) is 0 Å². The van der Waals surface area contributed by atoms with Crippen LogP contribution in [0.15, 0.2) is 48.8 Å². The van der Waals surface area contributed by atoms with Crippen LogP contribution in [-0.4, -0.2) is 34.1 Å². The summed E-state index contributed by atoms with van der Waals surface area (Å²) in [6.45, 7) is 9.28. The van der Waals surface area contributed by atoms with Crippen LogP contribution in [0, 0.1) is 6.92 Å². The first-order valence-corrected chi connectivity index (χ1v) is 10.0. The standard InChI is InChI=1S/C24H27N3O/c1-16-5-6-22-20(11-16)21-14-26(4)13-18-12-17(2)28-24(3,15-27(22)23(18)21)19-7-9-25-10-8-19/h5-12,17H,13-15H2,1-4H3/b18-12-. The Balaban J connectivity index is 1.79. The van der Waals surface area contributed by atoms with Crippen molar-refractivity contribution in [1.29, 1.82) is 0 Å². The van der Waals surface area contributed by atoms with Crippen LogP contribution in [0.5, 0.6) is 0 Å². The summed E-state index contributed by atoms with van der Waals surface area (Å²) >= 11 is 0. The molecular weight excluding hydrogens is 346 g/mol. The van der Waals surface area contributed by atoms with Crippen molar-refractivity contribution in [3.63, 3.8) is 0 Å². The van der Waals surface area contributed by atoms with E-state index in [1.165, 1.54) is 38.9 Å². The number of hydrogen-bond donors (Lipinski definition) is 0. The number of aromatic nitrogens is 2. The predicted molar refractivity (Wildman–Crippen MR) is 113 cm³/mol. The lowest BCUT2D eigenvalue weighted by molar-refractivity contribution is -0.0733. The molecule has 0 amide bonds. The lowest BCUT2D eigenvalue weighted by atomic mass is 9.93. The molecule has 0 bridgehead atoms. The second-order valence-corrected chi connectivity index (χ2v) is 8.59. The molecule has 1 aromatic carbocycles. The minimum Gasteiger partial charge on any atom is -0.362 e. The van der Waals surface area contributed by atoms with Crippen LogP contribution >= 0.6 is 0 Å². The Kier molecular flexibility index (Phi) is 3.97. The van der Waals surface area contributed by atoms with E-state index in [9.17, 15) is 0 Å². The van der Waals surface area contributed by atoms with E-state index >= 15 is 0 Å². The molecule has 4 nitrogen and oxygen atoms in total. The van der Waals surface area contributed by atoms with Gasteiger partial charge < -0.3 is 9.30 Å². The number of benzene rings is 1. The van der Waals surface area contributed by atoms with Crippen molar-refractivity contribution in [2.45, 2.75) is 45.6 Å². The van der Waals surface area contributed by atoms with Crippen LogP contribution in [0.2, 0.25) is 0 Å². The summed E-state index contributed by atoms with van der Waals surface area (Å²) in [4.78, 5) is 6.60. The highest BCUT2D eigenvalue weighted by Gasteiger charge is 2.36. The summed E-state index contributed by atoms with van der Waals surface area (Å²) in [7, 11) is 2.20. The molecule has 5 rings (SSSR count). The summed E-state index contributed by atoms with van der Waals surface area (Å²) in [6, 6.07) is 11.0. The number of ether oxygens (including phenoxy) is 1. The summed E-state index contributed by atoms with van der Waals surface area (Å²) in [5.74, 6) is 0. The summed E-state index contributed by atoms with van der Waals surface area (Å²) in [6.07, 6.45) is 6.07. The van der Waals surface area contributed by atoms with E-state index < -0.39 is 5.60 Å². The number of nitrogens with zero attached hydrogens (tertiary/aromatic N) is 3. The minimum absolute atomic E-state index is 0.0426. The van der Waals surface area contributed by atoms with Crippen LogP contribution in [0.4, 0.5) is 0 Å². The molecule has 3 aromatic rings. The summed E-state index contributed by atoms with van der Waals surface area (Å²) in [5, 5.41) is 1.37. The van der Waals surface area contributed by atoms with Crippen molar-refractivity contribution in [2.75, 3.05) is 13.6 Å². The van der Waals surface area contributed by atoms with E-state index in [1.807, 2.05) is 12.4 Å². The van der Waals surface area contributed by atoms with Gasteiger partial charge in [-0.3, -0.25) is 9.88 Å². The normalized spacial score (nSPS) is 27.0. The van der Waals surface area contributed by atoms with Gasteiger partial charge in [0.1, 0.15) is 5.60 Å². The second-order valence-electron chi connectivity index (χ2n) is 8.59. The van der Waals surface area contributed by atoms with Crippen molar-refractivity contribution in [2.24, 2.45) is 0 Å². The predicted octanol–water partition coefficient (Wildman–Crippen LogP) is 4.51. The van der Waals surface area contributed by atoms with E-state index in [1.54, 1.807) is 0 Å². The molecule has 0 aliphatic carbocycles. The lowest BCUT2D eigenvalue weighted by Gasteiger charge is -2.38. The summed E-state index contributed by atoms with van der Waals surface area (Å²) in [5.41, 5.74) is 7.58. The highest BCUT2D eigenvalue weighted by atomic mass is 16.5. The molecule has 2 aliphatic rings. The Bertz CT molecular complexity index is 1080. The van der Waals surface area contributed by atoms with Gasteiger partial charge in [-0.05, 0) is 74.9 Å². The van der Waals surface area contributed by atoms with E-state index in [2.05, 4.69) is 78.7 Å². The first-order valence-electron chi connectivity index (χ1n) is 10.0. The maximum Gasteiger partial charge on any atom is 0.109 e. The Morgan fingerprint density at radius 2 is 1.93 bits per heavy atom. The molecule has 4 heterocycles. The molecule has 2 aliphatic heterocycles. The molecule has 28 heavy (non-hydrogen) atoms. The maximum atomic E-state index is 6.65. The Morgan fingerprint density at radius 1 is 1.14 bits per heavy atom. The topological polar surface area (TPSA) is 30.3 Å². The van der Waals surface area contributed by atoms with Gasteiger partial charge in [-0.2, -0.15) is 0 Å². The van der Waals surface area contributed by atoms with E-state index in [-0.39, 0.29) is 6.10 Å². The fourth-order valence-electron chi connectivity index (χ4n) is 4.98. The zero-order valence-corrected chi connectivity index (χ0v) is 17.1. The third-order valence-corrected chi connectivity index (χ3v) is 6.13. The average molecular weight is 374 g/mol. The van der Waals surface area contributed by atoms with Gasteiger partial charge in [0, 0.05) is 36.4 Å². The van der Waals surface area contributed by atoms with Gasteiger partial charge in [0.25, 0.3) is 0 Å². The van der Waals surface area contributed by atoms with Gasteiger partial charge in [0.15, 0.2) is 0 Å². The van der Waals surface area contributed by atoms with Crippen molar-refractivity contribution in [3.05, 3.63) is 71.2 Å². The third kappa shape index (κ3) is 2.71. The van der Waals surface area contributed by atoms with Gasteiger partial charge in [0.2, 0.25) is 0 Å². The number of likely N-dealkylation sites (N-methyl/N-ethyl adjacent to an activating group) is 1. The molecule has 0 spiro atoms. The number of aryl methyl sites for hydroxylation is 1. The first kappa shape index (κ1) is 17.7. The smallest absolute Gasteiger partial charge is 0.109 e. The lowest BCUT2D eigenvalue weighted by Crippen LogP contribution is -2.38. The zero-order chi connectivity index (χ0) is 19.5. The molecule has 0 saturated heterocycles. The second kappa shape index (κ2) is 6.29. The molecule has 0 fully saturated rings. The zero-order valence-electron chi connectivity index (χ0n) is 17.1. The molecule has 144 valence electrons. The van der Waals surface area contributed by atoms with Gasteiger partial charge in [0.05, 0.1) is 18.3 Å². The van der Waals surface area contributed by atoms with Crippen LogP contribution in [0.1, 0.15) is 36.2 Å². The van der Waals surface area contributed by atoms with E-state index in [4.69, 9.17) is 4.74 Å². The van der Waals surface area contributed by atoms with Gasteiger partial charge in [-0.15, -0.1) is 0 Å². The quantitative estimate of drug-likeness (QED) is 0.629. The summed E-state index contributed by atoms with van der Waals surface area (Å²) < 4.78 is 9.15. The third-order valence-electron chi connectivity index (χ3n) is 6.13. The molecular formula is C24H27N3O. The van der Waals surface area contributed by atoms with Crippen LogP contribution in [-0.2, 0) is 23.4 Å². The molecule has 4 heteroatoms. The maximum absolute atomic E-state index is 6.65. The van der Waals surface area contributed by atoms with Gasteiger partial charge in [-0.25, -0.2) is 0 Å². The highest BCUT2D eigenvalue weighted by molar-refractivity contribution is 5.92. The van der Waals surface area contributed by atoms with Crippen LogP contribution in [0.25, 0.3) is 16.5 Å². The fourth-order valence-corrected chi connectivity index (χ4v) is 4.98. The molecule has 0 radical (unpaired) electrons. The van der Waals surface area contributed by atoms with Crippen molar-refractivity contribution in [1.82, 2.24) is 14.5 Å². The number of fused-ring (bicyclic) bond motifs is 3. The SMILES string of the molecule is Cc1ccc2c(c1)c1c3n2CC(C)(c2ccncc2)OC(C)/C=C\3CN(C)C1. The number of rotatable bonds is 1. The van der Waals surface area contributed by atoms with Gasteiger partial charge in [-0.1, -0.05) is 11.6 Å². The van der Waals surface area contributed by atoms with Gasteiger partial charge >= 0.3 is 0 Å². The Morgan fingerprint density at radius 3 is 2.71 bits per heavy atom. The highest BCUT2D eigenvalue weighted by Crippen LogP contribution is 2.41. The minimum atomic E-state index is -0.418. The Labute approximate surface area is 166 Å². The van der Waals surface area contributed by atoms with Crippen molar-refractivity contribution < 1.29 is 4.74 Å².